The average molecular weight is 253 g/mol. The molecule has 17 heavy (non-hydrogen) atoms. The van der Waals surface area contributed by atoms with Crippen LogP contribution < -0.4 is 4.90 Å². The Morgan fingerprint density at radius 2 is 2.12 bits per heavy atom. The molecule has 0 unspecified atom stereocenters. The number of sulfone groups is 1. The molecule has 0 aliphatic rings. The Kier molecular flexibility index (Phi) is 4.07. The Labute approximate surface area is 102 Å². The first kappa shape index (κ1) is 13.5. The van der Waals surface area contributed by atoms with Gasteiger partial charge in [0.1, 0.15) is 11.0 Å². The van der Waals surface area contributed by atoms with Gasteiger partial charge in [-0.25, -0.2) is 13.4 Å². The number of hydrogen-bond donors (Lipinski definition) is 0. The lowest BCUT2D eigenvalue weighted by Gasteiger charge is -2.17. The molecular weight excluding hydrogens is 238 g/mol. The Morgan fingerprint density at radius 3 is 2.59 bits per heavy atom. The molecular formula is C11H15N3O2S. The lowest BCUT2D eigenvalue weighted by Crippen LogP contribution is -2.17. The highest BCUT2D eigenvalue weighted by Crippen LogP contribution is 2.26. The van der Waals surface area contributed by atoms with Gasteiger partial charge in [-0.1, -0.05) is 6.92 Å². The van der Waals surface area contributed by atoms with Crippen molar-refractivity contribution in [3.05, 3.63) is 18.0 Å². The molecule has 0 saturated carbocycles. The second-order valence-electron chi connectivity index (χ2n) is 3.83. The number of nitriles is 1. The summed E-state index contributed by atoms with van der Waals surface area (Å²) in [6.45, 7) is 1.79. The molecule has 6 heteroatoms. The van der Waals surface area contributed by atoms with Gasteiger partial charge < -0.3 is 4.90 Å². The molecule has 1 heterocycles. The molecule has 0 spiro atoms. The largest absolute Gasteiger partial charge is 0.376 e. The van der Waals surface area contributed by atoms with Crippen LogP contribution in [0.1, 0.15) is 19.0 Å². The molecule has 0 aliphatic carbocycles. The van der Waals surface area contributed by atoms with Crippen LogP contribution in [0.3, 0.4) is 0 Å². The van der Waals surface area contributed by atoms with Crippen molar-refractivity contribution >= 4 is 15.5 Å². The third kappa shape index (κ3) is 2.74. The monoisotopic (exact) mass is 253 g/mol. The maximum Gasteiger partial charge on any atom is 0.183 e. The Balaban J connectivity index is 3.55. The number of aromatic nitrogens is 1. The van der Waals surface area contributed by atoms with E-state index in [0.717, 1.165) is 0 Å². The van der Waals surface area contributed by atoms with Crippen LogP contribution in [0.2, 0.25) is 0 Å². The van der Waals surface area contributed by atoms with Crippen molar-refractivity contribution in [1.82, 2.24) is 4.98 Å². The minimum atomic E-state index is -3.46. The summed E-state index contributed by atoms with van der Waals surface area (Å²) in [4.78, 5) is 5.53. The Hall–Kier alpha value is -1.61. The number of hydrogen-bond acceptors (Lipinski definition) is 5. The predicted octanol–water partition coefficient (Wildman–Crippen LogP) is 1.20. The molecule has 0 N–H and O–H groups in total. The van der Waals surface area contributed by atoms with E-state index < -0.39 is 9.84 Å². The third-order valence-electron chi connectivity index (χ3n) is 2.26. The maximum absolute atomic E-state index is 12.1. The molecule has 0 fully saturated rings. The Bertz CT molecular complexity index is 544. The van der Waals surface area contributed by atoms with Crippen LogP contribution in [0, 0.1) is 11.3 Å². The molecule has 0 bridgehead atoms. The van der Waals surface area contributed by atoms with E-state index in [1.807, 2.05) is 6.07 Å². The van der Waals surface area contributed by atoms with E-state index in [1.165, 1.54) is 6.20 Å². The second-order valence-corrected chi connectivity index (χ2v) is 5.88. The van der Waals surface area contributed by atoms with E-state index in [0.29, 0.717) is 12.1 Å². The topological polar surface area (TPSA) is 74.1 Å². The highest BCUT2D eigenvalue weighted by Gasteiger charge is 2.24. The van der Waals surface area contributed by atoms with Crippen LogP contribution in [-0.2, 0) is 9.84 Å². The van der Waals surface area contributed by atoms with E-state index in [4.69, 9.17) is 5.26 Å². The molecule has 1 rings (SSSR count). The smallest absolute Gasteiger partial charge is 0.183 e. The van der Waals surface area contributed by atoms with Gasteiger partial charge in [-0.05, 0) is 12.5 Å². The van der Waals surface area contributed by atoms with Gasteiger partial charge in [0.2, 0.25) is 0 Å². The van der Waals surface area contributed by atoms with E-state index in [-0.39, 0.29) is 16.3 Å². The molecule has 0 saturated heterocycles. The van der Waals surface area contributed by atoms with Crippen molar-refractivity contribution in [2.24, 2.45) is 0 Å². The fraction of sp³-hybridized carbons (Fsp3) is 0.455. The summed E-state index contributed by atoms with van der Waals surface area (Å²) in [6.07, 6.45) is 1.95. The van der Waals surface area contributed by atoms with Crippen molar-refractivity contribution in [2.45, 2.75) is 18.2 Å². The van der Waals surface area contributed by atoms with Gasteiger partial charge in [-0.3, -0.25) is 0 Å². The van der Waals surface area contributed by atoms with E-state index in [9.17, 15) is 8.42 Å². The minimum Gasteiger partial charge on any atom is -0.376 e. The van der Waals surface area contributed by atoms with Crippen LogP contribution in [-0.4, -0.2) is 33.2 Å². The van der Waals surface area contributed by atoms with Crippen molar-refractivity contribution in [3.63, 3.8) is 0 Å². The summed E-state index contributed by atoms with van der Waals surface area (Å²) in [6, 6.07) is 3.44. The maximum atomic E-state index is 12.1. The van der Waals surface area contributed by atoms with Gasteiger partial charge in [0.05, 0.1) is 11.4 Å². The fourth-order valence-corrected chi connectivity index (χ4v) is 3.25. The lowest BCUT2D eigenvalue weighted by molar-refractivity contribution is 0.594. The zero-order chi connectivity index (χ0) is 13.1. The second kappa shape index (κ2) is 5.15. The normalized spacial score (nSPS) is 10.9. The summed E-state index contributed by atoms with van der Waals surface area (Å²) in [5.74, 6) is 0.0220. The highest BCUT2D eigenvalue weighted by atomic mass is 32.2. The van der Waals surface area contributed by atoms with E-state index >= 15 is 0 Å². The molecule has 0 radical (unpaired) electrons. The summed E-state index contributed by atoms with van der Waals surface area (Å²) >= 11 is 0. The first-order chi connectivity index (χ1) is 7.94. The highest BCUT2D eigenvalue weighted by molar-refractivity contribution is 7.91. The van der Waals surface area contributed by atoms with Crippen LogP contribution in [0.5, 0.6) is 0 Å². The molecule has 0 atom stereocenters. The number of rotatable bonds is 4. The van der Waals surface area contributed by atoms with Gasteiger partial charge in [0.25, 0.3) is 0 Å². The first-order valence-electron chi connectivity index (χ1n) is 5.23. The zero-order valence-electron chi connectivity index (χ0n) is 10.1. The third-order valence-corrected chi connectivity index (χ3v) is 4.23. The molecule has 92 valence electrons. The van der Waals surface area contributed by atoms with Crippen molar-refractivity contribution in [3.8, 4) is 6.07 Å². The summed E-state index contributed by atoms with van der Waals surface area (Å²) < 4.78 is 24.2. The summed E-state index contributed by atoms with van der Waals surface area (Å²) in [5, 5.41) is 8.96. The summed E-state index contributed by atoms with van der Waals surface area (Å²) in [5.41, 5.74) is 0.467. The number of anilines is 1. The van der Waals surface area contributed by atoms with Gasteiger partial charge >= 0.3 is 0 Å². The van der Waals surface area contributed by atoms with E-state index in [1.54, 1.807) is 32.0 Å². The van der Waals surface area contributed by atoms with Crippen LogP contribution in [0.25, 0.3) is 0 Å². The fourth-order valence-electron chi connectivity index (χ4n) is 1.55. The first-order valence-corrected chi connectivity index (χ1v) is 6.88. The molecule has 0 aromatic carbocycles. The van der Waals surface area contributed by atoms with Gasteiger partial charge in [-0.2, -0.15) is 5.26 Å². The predicted molar refractivity (Wildman–Crippen MR) is 65.6 cm³/mol. The van der Waals surface area contributed by atoms with Crippen molar-refractivity contribution in [2.75, 3.05) is 24.7 Å². The standard InChI is InChI=1S/C11H15N3O2S/c1-4-7-17(15,16)11-9(8-12)13-6-5-10(11)14(2)3/h5-6H,4,7H2,1-3H3. The molecule has 0 amide bonds. The van der Waals surface area contributed by atoms with E-state index in [2.05, 4.69) is 4.98 Å². The average Bonchev–Trinajstić information content (AvgIpc) is 2.27. The molecule has 0 aliphatic heterocycles. The molecule has 1 aromatic heterocycles. The van der Waals surface area contributed by atoms with Crippen LogP contribution in [0.4, 0.5) is 5.69 Å². The van der Waals surface area contributed by atoms with Crippen LogP contribution >= 0.6 is 0 Å². The van der Waals surface area contributed by atoms with Crippen LogP contribution in [0.15, 0.2) is 17.2 Å². The Morgan fingerprint density at radius 1 is 1.47 bits per heavy atom. The van der Waals surface area contributed by atoms with Crippen molar-refractivity contribution < 1.29 is 8.42 Å². The quantitative estimate of drug-likeness (QED) is 0.806. The number of pyridine rings is 1. The molecule has 1 aromatic rings. The minimum absolute atomic E-state index is 0.0220. The van der Waals surface area contributed by atoms with Gasteiger partial charge in [-0.15, -0.1) is 0 Å². The van der Waals surface area contributed by atoms with Gasteiger partial charge in [0.15, 0.2) is 15.5 Å². The lowest BCUT2D eigenvalue weighted by atomic mass is 10.3. The zero-order valence-corrected chi connectivity index (χ0v) is 11.0. The SMILES string of the molecule is CCCS(=O)(=O)c1c(N(C)C)ccnc1C#N. The molecule has 5 nitrogen and oxygen atoms in total. The van der Waals surface area contributed by atoms with Crippen molar-refractivity contribution in [1.29, 1.82) is 5.26 Å². The van der Waals surface area contributed by atoms with Gasteiger partial charge in [0, 0.05) is 20.3 Å². The number of nitrogens with zero attached hydrogens (tertiary/aromatic N) is 3. The summed E-state index contributed by atoms with van der Waals surface area (Å²) in [7, 11) is 0.0197.